The highest BCUT2D eigenvalue weighted by molar-refractivity contribution is 6.30. The van der Waals surface area contributed by atoms with E-state index in [2.05, 4.69) is 10.6 Å². The van der Waals surface area contributed by atoms with E-state index in [-0.39, 0.29) is 17.8 Å². The van der Waals surface area contributed by atoms with Crippen molar-refractivity contribution in [1.29, 1.82) is 0 Å². The number of halogens is 1. The molecule has 1 unspecified atom stereocenters. The molecule has 1 heterocycles. The van der Waals surface area contributed by atoms with Gasteiger partial charge in [-0.3, -0.25) is 10.1 Å². The van der Waals surface area contributed by atoms with Crippen LogP contribution in [0.1, 0.15) is 17.2 Å². The molecule has 0 aliphatic carbocycles. The molecule has 1 atom stereocenters. The maximum Gasteiger partial charge on any atom is 0.319 e. The first kappa shape index (κ1) is 15.1. The first-order valence-corrected chi connectivity index (χ1v) is 7.20. The van der Waals surface area contributed by atoms with Gasteiger partial charge in [0.05, 0.1) is 11.0 Å². The molecule has 0 bridgehead atoms. The highest BCUT2D eigenvalue weighted by atomic mass is 35.5. The number of benzene rings is 2. The number of rotatable bonds is 3. The summed E-state index contributed by atoms with van der Waals surface area (Å²) < 4.78 is 0. The van der Waals surface area contributed by atoms with Gasteiger partial charge >= 0.3 is 6.03 Å². The normalized spacial score (nSPS) is 17.0. The van der Waals surface area contributed by atoms with Gasteiger partial charge in [-0.1, -0.05) is 23.7 Å². The van der Waals surface area contributed by atoms with Crippen molar-refractivity contribution >= 4 is 29.0 Å². The smallest absolute Gasteiger partial charge is 0.319 e. The zero-order valence-electron chi connectivity index (χ0n) is 11.8. The maximum atomic E-state index is 11.9. The lowest BCUT2D eigenvalue weighted by Crippen LogP contribution is -2.40. The number of nitrogens with one attached hydrogen (secondary N) is 2. The van der Waals surface area contributed by atoms with E-state index in [1.54, 1.807) is 24.3 Å². The monoisotopic (exact) mass is 329 g/mol. The molecule has 2 amide bonds. The Labute approximate surface area is 136 Å². The van der Waals surface area contributed by atoms with Crippen LogP contribution < -0.4 is 10.6 Å². The molecule has 0 fully saturated rings. The lowest BCUT2D eigenvalue weighted by molar-refractivity contribution is -0.384. The van der Waals surface area contributed by atoms with Crippen LogP contribution in [0.25, 0.3) is 5.70 Å². The Morgan fingerprint density at radius 1 is 1.04 bits per heavy atom. The van der Waals surface area contributed by atoms with Crippen molar-refractivity contribution in [2.75, 3.05) is 0 Å². The second-order valence-corrected chi connectivity index (χ2v) is 5.45. The fourth-order valence-electron chi connectivity index (χ4n) is 2.33. The quantitative estimate of drug-likeness (QED) is 0.666. The van der Waals surface area contributed by atoms with Crippen LogP contribution in [0.2, 0.25) is 5.02 Å². The molecule has 2 aromatic rings. The molecule has 0 aromatic heterocycles. The van der Waals surface area contributed by atoms with Crippen LogP contribution in [0.5, 0.6) is 0 Å². The van der Waals surface area contributed by atoms with Gasteiger partial charge in [0.1, 0.15) is 0 Å². The van der Waals surface area contributed by atoms with E-state index < -0.39 is 4.92 Å². The van der Waals surface area contributed by atoms with Gasteiger partial charge in [0.15, 0.2) is 0 Å². The van der Waals surface area contributed by atoms with Crippen LogP contribution in [-0.2, 0) is 0 Å². The summed E-state index contributed by atoms with van der Waals surface area (Å²) in [6, 6.07) is 12.6. The number of carbonyl (C=O) groups excluding carboxylic acids is 1. The van der Waals surface area contributed by atoms with Crippen molar-refractivity contribution in [3.05, 3.63) is 80.9 Å². The van der Waals surface area contributed by atoms with Gasteiger partial charge < -0.3 is 10.6 Å². The van der Waals surface area contributed by atoms with E-state index in [9.17, 15) is 14.9 Å². The minimum Gasteiger partial charge on any atom is -0.327 e. The maximum absolute atomic E-state index is 11.9. The molecule has 2 aromatic carbocycles. The van der Waals surface area contributed by atoms with Gasteiger partial charge in [-0.15, -0.1) is 0 Å². The third kappa shape index (κ3) is 3.32. The van der Waals surface area contributed by atoms with Crippen LogP contribution in [0.15, 0.2) is 54.6 Å². The number of amides is 2. The molecule has 0 spiro atoms. The zero-order valence-corrected chi connectivity index (χ0v) is 12.6. The summed E-state index contributed by atoms with van der Waals surface area (Å²) in [7, 11) is 0. The minimum atomic E-state index is -0.463. The summed E-state index contributed by atoms with van der Waals surface area (Å²) >= 11 is 5.87. The lowest BCUT2D eigenvalue weighted by Gasteiger charge is -2.24. The van der Waals surface area contributed by atoms with Gasteiger partial charge in [0.2, 0.25) is 0 Å². The van der Waals surface area contributed by atoms with Crippen molar-refractivity contribution in [1.82, 2.24) is 10.6 Å². The summed E-state index contributed by atoms with van der Waals surface area (Å²) in [5, 5.41) is 16.8. The molecule has 116 valence electrons. The standard InChI is InChI=1S/C16H12ClN3O3/c17-12-5-1-10(2-6-12)14-9-15(19-16(21)18-14)11-3-7-13(8-4-11)20(22)23/h1-9,14H,(H2,18,19,21). The Bertz CT molecular complexity index is 785. The zero-order chi connectivity index (χ0) is 16.4. The third-order valence-corrected chi connectivity index (χ3v) is 3.74. The summed E-state index contributed by atoms with van der Waals surface area (Å²) in [6.45, 7) is 0. The van der Waals surface area contributed by atoms with Gasteiger partial charge in [0.25, 0.3) is 5.69 Å². The lowest BCUT2D eigenvalue weighted by atomic mass is 10.0. The number of hydrogen-bond acceptors (Lipinski definition) is 3. The molecule has 1 aliphatic rings. The van der Waals surface area contributed by atoms with Gasteiger partial charge in [0, 0.05) is 22.9 Å². The van der Waals surface area contributed by atoms with E-state index in [1.165, 1.54) is 12.1 Å². The number of hydrogen-bond donors (Lipinski definition) is 2. The Kier molecular flexibility index (Phi) is 3.99. The number of urea groups is 1. The van der Waals surface area contributed by atoms with E-state index in [0.717, 1.165) is 5.56 Å². The fraction of sp³-hybridized carbons (Fsp3) is 0.0625. The molecule has 23 heavy (non-hydrogen) atoms. The molecule has 6 nitrogen and oxygen atoms in total. The molecule has 3 rings (SSSR count). The van der Waals surface area contributed by atoms with Gasteiger partial charge in [-0.05, 0) is 41.5 Å². The van der Waals surface area contributed by atoms with Crippen molar-refractivity contribution in [3.63, 3.8) is 0 Å². The topological polar surface area (TPSA) is 84.3 Å². The number of carbonyl (C=O) groups is 1. The second-order valence-electron chi connectivity index (χ2n) is 5.01. The third-order valence-electron chi connectivity index (χ3n) is 3.49. The molecule has 2 N–H and O–H groups in total. The molecule has 0 radical (unpaired) electrons. The first-order valence-electron chi connectivity index (χ1n) is 6.82. The van der Waals surface area contributed by atoms with Crippen molar-refractivity contribution in [2.45, 2.75) is 6.04 Å². The Morgan fingerprint density at radius 3 is 2.30 bits per heavy atom. The highest BCUT2D eigenvalue weighted by Gasteiger charge is 2.20. The number of nitrogens with zero attached hydrogens (tertiary/aromatic N) is 1. The molecule has 1 aliphatic heterocycles. The molecular formula is C16H12ClN3O3. The van der Waals surface area contributed by atoms with E-state index in [1.807, 2.05) is 18.2 Å². The first-order chi connectivity index (χ1) is 11.0. The molecule has 7 heteroatoms. The van der Waals surface area contributed by atoms with Gasteiger partial charge in [-0.25, -0.2) is 4.79 Å². The number of non-ortho nitro benzene ring substituents is 1. The van der Waals surface area contributed by atoms with Crippen molar-refractivity contribution in [3.8, 4) is 0 Å². The summed E-state index contributed by atoms with van der Waals surface area (Å²) in [5.41, 5.74) is 2.19. The predicted octanol–water partition coefficient (Wildman–Crippen LogP) is 3.64. The van der Waals surface area contributed by atoms with Crippen molar-refractivity contribution in [2.24, 2.45) is 0 Å². The largest absolute Gasteiger partial charge is 0.327 e. The Hall–Kier alpha value is -2.86. The second kappa shape index (κ2) is 6.10. The summed E-state index contributed by atoms with van der Waals surface area (Å²) in [4.78, 5) is 22.1. The van der Waals surface area contributed by atoms with Crippen molar-refractivity contribution < 1.29 is 9.72 Å². The predicted molar refractivity (Wildman–Crippen MR) is 86.9 cm³/mol. The average Bonchev–Trinajstić information content (AvgIpc) is 2.55. The minimum absolute atomic E-state index is 0.00358. The van der Waals surface area contributed by atoms with Crippen LogP contribution in [0, 0.1) is 10.1 Å². The highest BCUT2D eigenvalue weighted by Crippen LogP contribution is 2.25. The molecule has 0 saturated heterocycles. The Morgan fingerprint density at radius 2 is 1.70 bits per heavy atom. The van der Waals surface area contributed by atoms with Gasteiger partial charge in [-0.2, -0.15) is 0 Å². The van der Waals surface area contributed by atoms with Crippen LogP contribution >= 0.6 is 11.6 Å². The van der Waals surface area contributed by atoms with E-state index in [4.69, 9.17) is 11.6 Å². The van der Waals surface area contributed by atoms with E-state index in [0.29, 0.717) is 16.3 Å². The van der Waals surface area contributed by atoms with Crippen LogP contribution in [-0.4, -0.2) is 11.0 Å². The number of nitro groups is 1. The van der Waals surface area contributed by atoms with Crippen LogP contribution in [0.4, 0.5) is 10.5 Å². The summed E-state index contributed by atoms with van der Waals surface area (Å²) in [5.74, 6) is 0. The van der Waals surface area contributed by atoms with E-state index >= 15 is 0 Å². The summed E-state index contributed by atoms with van der Waals surface area (Å²) in [6.07, 6.45) is 1.85. The number of nitro benzene ring substituents is 1. The molecule has 0 saturated carbocycles. The van der Waals surface area contributed by atoms with Crippen LogP contribution in [0.3, 0.4) is 0 Å². The molecular weight excluding hydrogens is 318 g/mol. The average molecular weight is 330 g/mol. The Balaban J connectivity index is 1.92. The fourth-order valence-corrected chi connectivity index (χ4v) is 2.46. The SMILES string of the molecule is O=C1NC(c2ccc([N+](=O)[O-])cc2)=CC(c2ccc(Cl)cc2)N1.